The molecule has 7 nitrogen and oxygen atoms in total. The Bertz CT molecular complexity index is 676. The molecular formula is C16H18N2O5. The summed E-state index contributed by atoms with van der Waals surface area (Å²) in [7, 11) is 0. The Kier molecular flexibility index (Phi) is 4.45. The van der Waals surface area contributed by atoms with Crippen molar-refractivity contribution in [2.24, 2.45) is 5.92 Å². The third kappa shape index (κ3) is 3.28. The van der Waals surface area contributed by atoms with E-state index in [-0.39, 0.29) is 23.5 Å². The van der Waals surface area contributed by atoms with E-state index in [4.69, 9.17) is 13.7 Å². The molecule has 2 aromatic heterocycles. The standard InChI is InChI=1S/C16H18N2O5/c1-2-21-16(20)11-5-3-7-18(10-11)15(19)12-9-14(23-17-12)13-6-4-8-22-13/h4,6,8-9,11H,2-3,5,7,10H2,1H3/t11-/m1/s1. The van der Waals surface area contributed by atoms with E-state index in [2.05, 4.69) is 5.16 Å². The molecule has 1 aliphatic heterocycles. The SMILES string of the molecule is CCOC(=O)[C@@H]1CCCN(C(=O)c2cc(-c3ccco3)on2)C1. The van der Waals surface area contributed by atoms with Crippen molar-refractivity contribution in [1.82, 2.24) is 10.1 Å². The Labute approximate surface area is 133 Å². The average Bonchev–Trinajstić information content (AvgIpc) is 3.25. The fourth-order valence-corrected chi connectivity index (χ4v) is 2.69. The maximum atomic E-state index is 12.5. The Balaban J connectivity index is 1.69. The summed E-state index contributed by atoms with van der Waals surface area (Å²) in [5.41, 5.74) is 0.209. The highest BCUT2D eigenvalue weighted by atomic mass is 16.5. The smallest absolute Gasteiger partial charge is 0.310 e. The predicted octanol–water partition coefficient (Wildman–Crippen LogP) is 2.35. The van der Waals surface area contributed by atoms with Crippen molar-refractivity contribution in [3.05, 3.63) is 30.2 Å². The monoisotopic (exact) mass is 318 g/mol. The summed E-state index contributed by atoms with van der Waals surface area (Å²) in [6.07, 6.45) is 3.02. The Hall–Kier alpha value is -2.57. The maximum absolute atomic E-state index is 12.5. The van der Waals surface area contributed by atoms with E-state index in [1.54, 1.807) is 30.0 Å². The molecule has 3 heterocycles. The van der Waals surface area contributed by atoms with Gasteiger partial charge in [-0.05, 0) is 31.9 Å². The molecule has 0 spiro atoms. The lowest BCUT2D eigenvalue weighted by Crippen LogP contribution is -2.42. The van der Waals surface area contributed by atoms with Gasteiger partial charge in [0.15, 0.2) is 11.5 Å². The van der Waals surface area contributed by atoms with E-state index in [0.717, 1.165) is 12.8 Å². The van der Waals surface area contributed by atoms with E-state index in [1.807, 2.05) is 0 Å². The van der Waals surface area contributed by atoms with Crippen molar-refractivity contribution in [3.63, 3.8) is 0 Å². The largest absolute Gasteiger partial charge is 0.466 e. The first kappa shape index (κ1) is 15.3. The number of nitrogens with zero attached hydrogens (tertiary/aromatic N) is 2. The molecule has 0 aromatic carbocycles. The number of amides is 1. The molecule has 1 atom stereocenters. The minimum absolute atomic E-state index is 0.209. The van der Waals surface area contributed by atoms with Crippen LogP contribution in [0.4, 0.5) is 0 Å². The van der Waals surface area contributed by atoms with Gasteiger partial charge < -0.3 is 18.6 Å². The van der Waals surface area contributed by atoms with Gasteiger partial charge in [-0.25, -0.2) is 0 Å². The first-order valence-electron chi connectivity index (χ1n) is 7.65. The second-order valence-corrected chi connectivity index (χ2v) is 5.40. The number of hydrogen-bond donors (Lipinski definition) is 0. The number of esters is 1. The topological polar surface area (TPSA) is 85.8 Å². The molecule has 1 amide bonds. The minimum atomic E-state index is -0.274. The van der Waals surface area contributed by atoms with Gasteiger partial charge in [-0.1, -0.05) is 5.16 Å². The van der Waals surface area contributed by atoms with E-state index in [9.17, 15) is 9.59 Å². The van der Waals surface area contributed by atoms with E-state index in [1.165, 1.54) is 6.26 Å². The zero-order chi connectivity index (χ0) is 16.2. The molecule has 0 radical (unpaired) electrons. The van der Waals surface area contributed by atoms with Crippen molar-refractivity contribution in [1.29, 1.82) is 0 Å². The van der Waals surface area contributed by atoms with Gasteiger partial charge in [0.25, 0.3) is 5.91 Å². The molecule has 1 aliphatic rings. The molecule has 2 aromatic rings. The van der Waals surface area contributed by atoms with Gasteiger partial charge in [-0.15, -0.1) is 0 Å². The van der Waals surface area contributed by atoms with Crippen LogP contribution in [0.2, 0.25) is 0 Å². The number of ether oxygens (including phenoxy) is 1. The first-order valence-corrected chi connectivity index (χ1v) is 7.65. The molecular weight excluding hydrogens is 300 g/mol. The first-order chi connectivity index (χ1) is 11.2. The Morgan fingerprint density at radius 1 is 1.43 bits per heavy atom. The van der Waals surface area contributed by atoms with Crippen molar-refractivity contribution in [2.45, 2.75) is 19.8 Å². The molecule has 23 heavy (non-hydrogen) atoms. The number of rotatable bonds is 4. The van der Waals surface area contributed by atoms with Crippen molar-refractivity contribution in [2.75, 3.05) is 19.7 Å². The fourth-order valence-electron chi connectivity index (χ4n) is 2.69. The van der Waals surface area contributed by atoms with Crippen LogP contribution in [0.5, 0.6) is 0 Å². The number of carbonyl (C=O) groups is 2. The van der Waals surface area contributed by atoms with Crippen LogP contribution in [0, 0.1) is 5.92 Å². The van der Waals surface area contributed by atoms with Gasteiger partial charge in [0.2, 0.25) is 5.76 Å². The van der Waals surface area contributed by atoms with Crippen LogP contribution >= 0.6 is 0 Å². The predicted molar refractivity (Wildman–Crippen MR) is 79.5 cm³/mol. The van der Waals surface area contributed by atoms with Crippen LogP contribution in [-0.4, -0.2) is 41.6 Å². The van der Waals surface area contributed by atoms with Gasteiger partial charge in [-0.3, -0.25) is 9.59 Å². The summed E-state index contributed by atoms with van der Waals surface area (Å²) in [6.45, 7) is 3.06. The van der Waals surface area contributed by atoms with Crippen LogP contribution in [0.1, 0.15) is 30.3 Å². The molecule has 0 saturated carbocycles. The summed E-state index contributed by atoms with van der Waals surface area (Å²) in [4.78, 5) is 26.0. The van der Waals surface area contributed by atoms with E-state index in [0.29, 0.717) is 31.2 Å². The normalized spacial score (nSPS) is 18.0. The van der Waals surface area contributed by atoms with Gasteiger partial charge in [0.05, 0.1) is 18.8 Å². The van der Waals surface area contributed by atoms with Crippen LogP contribution < -0.4 is 0 Å². The maximum Gasteiger partial charge on any atom is 0.310 e. The zero-order valence-electron chi connectivity index (χ0n) is 12.9. The molecule has 122 valence electrons. The van der Waals surface area contributed by atoms with Gasteiger partial charge >= 0.3 is 5.97 Å². The number of hydrogen-bond acceptors (Lipinski definition) is 6. The molecule has 1 saturated heterocycles. The average molecular weight is 318 g/mol. The lowest BCUT2D eigenvalue weighted by Gasteiger charge is -2.30. The highest BCUT2D eigenvalue weighted by molar-refractivity contribution is 5.93. The molecule has 0 N–H and O–H groups in total. The molecule has 3 rings (SSSR count). The van der Waals surface area contributed by atoms with Gasteiger partial charge in [-0.2, -0.15) is 0 Å². The number of aromatic nitrogens is 1. The van der Waals surface area contributed by atoms with Crippen LogP contribution in [0.25, 0.3) is 11.5 Å². The number of carbonyl (C=O) groups excluding carboxylic acids is 2. The second-order valence-electron chi connectivity index (χ2n) is 5.40. The highest BCUT2D eigenvalue weighted by Gasteiger charge is 2.31. The van der Waals surface area contributed by atoms with E-state index >= 15 is 0 Å². The highest BCUT2D eigenvalue weighted by Crippen LogP contribution is 2.23. The summed E-state index contributed by atoms with van der Waals surface area (Å²) >= 11 is 0. The molecule has 0 bridgehead atoms. The lowest BCUT2D eigenvalue weighted by molar-refractivity contribution is -0.149. The molecule has 7 heteroatoms. The quantitative estimate of drug-likeness (QED) is 0.804. The number of piperidine rings is 1. The van der Waals surface area contributed by atoms with Crippen molar-refractivity contribution >= 4 is 11.9 Å². The van der Waals surface area contributed by atoms with Crippen molar-refractivity contribution in [3.8, 4) is 11.5 Å². The molecule has 1 fully saturated rings. The minimum Gasteiger partial charge on any atom is -0.466 e. The zero-order valence-corrected chi connectivity index (χ0v) is 12.9. The van der Waals surface area contributed by atoms with Crippen LogP contribution in [0.3, 0.4) is 0 Å². The van der Waals surface area contributed by atoms with E-state index < -0.39 is 0 Å². The summed E-state index contributed by atoms with van der Waals surface area (Å²) in [5, 5.41) is 3.81. The second kappa shape index (κ2) is 6.68. The number of furan rings is 1. The summed E-state index contributed by atoms with van der Waals surface area (Å²) in [5.74, 6) is 0.142. The van der Waals surface area contributed by atoms with Crippen LogP contribution in [-0.2, 0) is 9.53 Å². The van der Waals surface area contributed by atoms with Gasteiger partial charge in [0.1, 0.15) is 0 Å². The van der Waals surface area contributed by atoms with Gasteiger partial charge in [0, 0.05) is 19.2 Å². The molecule has 0 aliphatic carbocycles. The third-order valence-corrected chi connectivity index (χ3v) is 3.82. The fraction of sp³-hybridized carbons (Fsp3) is 0.438. The molecule has 0 unspecified atom stereocenters. The summed E-state index contributed by atoms with van der Waals surface area (Å²) < 4.78 is 15.4. The van der Waals surface area contributed by atoms with Crippen molar-refractivity contribution < 1.29 is 23.3 Å². The lowest BCUT2D eigenvalue weighted by atomic mass is 9.98. The Morgan fingerprint density at radius 3 is 3.04 bits per heavy atom. The number of likely N-dealkylation sites (tertiary alicyclic amines) is 1. The van der Waals surface area contributed by atoms with Crippen LogP contribution in [0.15, 0.2) is 33.4 Å². The Morgan fingerprint density at radius 2 is 2.30 bits per heavy atom. The third-order valence-electron chi connectivity index (χ3n) is 3.82. The summed E-state index contributed by atoms with van der Waals surface area (Å²) in [6, 6.07) is 5.01.